The molecule has 5 heteroatoms. The van der Waals surface area contributed by atoms with E-state index in [9.17, 15) is 0 Å². The highest BCUT2D eigenvalue weighted by molar-refractivity contribution is 5.66. The molecule has 2 aromatic carbocycles. The van der Waals surface area contributed by atoms with Crippen LogP contribution in [0.5, 0.6) is 0 Å². The largest absolute Gasteiger partial charge is 0.343 e. The van der Waals surface area contributed by atoms with Gasteiger partial charge in [0.15, 0.2) is 11.6 Å². The van der Waals surface area contributed by atoms with Crippen LogP contribution in [0.2, 0.25) is 0 Å². The lowest BCUT2D eigenvalue weighted by Gasteiger charge is -2.00. The molecular weight excluding hydrogens is 346 g/mol. The van der Waals surface area contributed by atoms with Gasteiger partial charge in [0.25, 0.3) is 0 Å². The first-order chi connectivity index (χ1) is 13.9. The van der Waals surface area contributed by atoms with Crippen molar-refractivity contribution in [1.82, 2.24) is 24.9 Å². The van der Waals surface area contributed by atoms with Gasteiger partial charge in [0.1, 0.15) is 11.4 Å². The smallest absolute Gasteiger partial charge is 0.156 e. The fraction of sp³-hybridized carbons (Fsp3) is 0. The standard InChI is InChI=1S/C23H17N5/c1-3-8-16(9-4-1)20-14-24-22(27-20)18-12-7-13-19(26-18)23-25-15-21(28-23)17-10-5-2-6-11-17/h1-15H,(H,24,27)(H,25,28). The van der Waals surface area contributed by atoms with E-state index < -0.39 is 0 Å². The monoisotopic (exact) mass is 363 g/mol. The number of hydrogen-bond donors (Lipinski definition) is 2. The fourth-order valence-electron chi connectivity index (χ4n) is 3.12. The van der Waals surface area contributed by atoms with Gasteiger partial charge in [-0.1, -0.05) is 66.7 Å². The minimum atomic E-state index is 0.732. The predicted molar refractivity (Wildman–Crippen MR) is 110 cm³/mol. The Hall–Kier alpha value is -3.99. The first-order valence-corrected chi connectivity index (χ1v) is 9.06. The summed E-state index contributed by atoms with van der Waals surface area (Å²) in [6.07, 6.45) is 3.80. The second kappa shape index (κ2) is 6.96. The number of rotatable bonds is 4. The quantitative estimate of drug-likeness (QED) is 0.461. The number of H-pyrrole nitrogens is 2. The Morgan fingerprint density at radius 1 is 0.429 bits per heavy atom. The number of aromatic amines is 2. The van der Waals surface area contributed by atoms with Crippen LogP contribution in [0.3, 0.4) is 0 Å². The van der Waals surface area contributed by atoms with Crippen molar-refractivity contribution in [1.29, 1.82) is 0 Å². The van der Waals surface area contributed by atoms with Crippen LogP contribution in [-0.4, -0.2) is 24.9 Å². The van der Waals surface area contributed by atoms with E-state index in [1.807, 2.05) is 91.3 Å². The van der Waals surface area contributed by atoms with Crippen molar-refractivity contribution in [3.05, 3.63) is 91.3 Å². The second-order valence-electron chi connectivity index (χ2n) is 6.41. The topological polar surface area (TPSA) is 70.2 Å². The highest BCUT2D eigenvalue weighted by atomic mass is 15.0. The van der Waals surface area contributed by atoms with Crippen molar-refractivity contribution >= 4 is 0 Å². The number of nitrogens with one attached hydrogen (secondary N) is 2. The Kier molecular flexibility index (Phi) is 4.03. The molecule has 0 saturated heterocycles. The summed E-state index contributed by atoms with van der Waals surface area (Å²) in [7, 11) is 0. The van der Waals surface area contributed by atoms with Gasteiger partial charge < -0.3 is 9.97 Å². The van der Waals surface area contributed by atoms with E-state index in [1.165, 1.54) is 0 Å². The maximum Gasteiger partial charge on any atom is 0.156 e. The minimum absolute atomic E-state index is 0.732. The van der Waals surface area contributed by atoms with Crippen LogP contribution in [0.25, 0.3) is 45.6 Å². The zero-order chi connectivity index (χ0) is 18.8. The molecule has 134 valence electrons. The summed E-state index contributed by atoms with van der Waals surface area (Å²) in [5.41, 5.74) is 5.48. The zero-order valence-electron chi connectivity index (χ0n) is 15.0. The Bertz CT molecular complexity index is 1110. The van der Waals surface area contributed by atoms with Gasteiger partial charge in [-0.25, -0.2) is 15.0 Å². The summed E-state index contributed by atoms with van der Waals surface area (Å²) < 4.78 is 0. The summed E-state index contributed by atoms with van der Waals surface area (Å²) in [6.45, 7) is 0. The summed E-state index contributed by atoms with van der Waals surface area (Å²) in [5.74, 6) is 1.46. The molecule has 0 fully saturated rings. The Morgan fingerprint density at radius 3 is 1.36 bits per heavy atom. The van der Waals surface area contributed by atoms with Gasteiger partial charge in [-0.2, -0.15) is 0 Å². The third-order valence-electron chi connectivity index (χ3n) is 4.53. The van der Waals surface area contributed by atoms with Crippen LogP contribution in [0.1, 0.15) is 0 Å². The molecule has 5 nitrogen and oxygen atoms in total. The van der Waals surface area contributed by atoms with Gasteiger partial charge in [-0.05, 0) is 12.1 Å². The highest BCUT2D eigenvalue weighted by Crippen LogP contribution is 2.24. The van der Waals surface area contributed by atoms with Gasteiger partial charge in [-0.15, -0.1) is 0 Å². The first kappa shape index (κ1) is 16.2. The molecule has 0 amide bonds. The molecule has 0 atom stereocenters. The SMILES string of the molecule is c1ccc(-c2c[nH]c(-c3cccc(-c4nc(-c5ccccc5)c[nH]4)n3)n2)cc1. The lowest BCUT2D eigenvalue weighted by Crippen LogP contribution is -1.91. The van der Waals surface area contributed by atoms with Crippen LogP contribution in [-0.2, 0) is 0 Å². The lowest BCUT2D eigenvalue weighted by atomic mass is 10.2. The molecule has 3 heterocycles. The summed E-state index contributed by atoms with van der Waals surface area (Å²) >= 11 is 0. The number of aromatic nitrogens is 5. The van der Waals surface area contributed by atoms with Crippen LogP contribution in [0, 0.1) is 0 Å². The normalized spacial score (nSPS) is 10.9. The predicted octanol–water partition coefficient (Wildman–Crippen LogP) is 5.20. The van der Waals surface area contributed by atoms with Crippen molar-refractivity contribution in [2.75, 3.05) is 0 Å². The Morgan fingerprint density at radius 2 is 0.893 bits per heavy atom. The van der Waals surface area contributed by atoms with E-state index in [1.54, 1.807) is 0 Å². The molecule has 0 saturated carbocycles. The van der Waals surface area contributed by atoms with Crippen LogP contribution < -0.4 is 0 Å². The second-order valence-corrected chi connectivity index (χ2v) is 6.41. The van der Waals surface area contributed by atoms with E-state index in [-0.39, 0.29) is 0 Å². The summed E-state index contributed by atoms with van der Waals surface area (Å²) in [5, 5.41) is 0. The number of pyridine rings is 1. The fourth-order valence-corrected chi connectivity index (χ4v) is 3.12. The maximum absolute atomic E-state index is 4.74. The average molecular weight is 363 g/mol. The van der Waals surface area contributed by atoms with Gasteiger partial charge in [-0.3, -0.25) is 0 Å². The van der Waals surface area contributed by atoms with E-state index in [0.717, 1.165) is 45.6 Å². The maximum atomic E-state index is 4.74. The van der Waals surface area contributed by atoms with Crippen LogP contribution >= 0.6 is 0 Å². The Balaban J connectivity index is 1.46. The molecule has 28 heavy (non-hydrogen) atoms. The van der Waals surface area contributed by atoms with Crippen LogP contribution in [0.4, 0.5) is 0 Å². The molecule has 5 aromatic rings. The molecular formula is C23H17N5. The molecule has 0 unspecified atom stereocenters. The average Bonchev–Trinajstić information content (AvgIpc) is 3.46. The summed E-state index contributed by atoms with van der Waals surface area (Å²) in [6, 6.07) is 26.0. The van der Waals surface area contributed by atoms with E-state index in [0.29, 0.717) is 0 Å². The highest BCUT2D eigenvalue weighted by Gasteiger charge is 2.11. The van der Waals surface area contributed by atoms with Crippen molar-refractivity contribution < 1.29 is 0 Å². The molecule has 0 aliphatic heterocycles. The van der Waals surface area contributed by atoms with Crippen molar-refractivity contribution in [2.24, 2.45) is 0 Å². The van der Waals surface area contributed by atoms with Crippen LogP contribution in [0.15, 0.2) is 91.3 Å². The van der Waals surface area contributed by atoms with Gasteiger partial charge in [0.2, 0.25) is 0 Å². The zero-order valence-corrected chi connectivity index (χ0v) is 15.0. The molecule has 0 bridgehead atoms. The third-order valence-corrected chi connectivity index (χ3v) is 4.53. The number of imidazole rings is 2. The Labute approximate surface area is 162 Å². The van der Waals surface area contributed by atoms with Crippen molar-refractivity contribution in [3.8, 4) is 45.6 Å². The van der Waals surface area contributed by atoms with E-state index >= 15 is 0 Å². The molecule has 3 aromatic heterocycles. The summed E-state index contributed by atoms with van der Waals surface area (Å²) in [4.78, 5) is 20.6. The van der Waals surface area contributed by atoms with E-state index in [4.69, 9.17) is 4.98 Å². The van der Waals surface area contributed by atoms with E-state index in [2.05, 4.69) is 19.9 Å². The third kappa shape index (κ3) is 3.10. The number of hydrogen-bond acceptors (Lipinski definition) is 3. The lowest BCUT2D eigenvalue weighted by molar-refractivity contribution is 1.19. The molecule has 0 spiro atoms. The molecule has 0 aliphatic carbocycles. The number of benzene rings is 2. The number of nitrogens with zero attached hydrogens (tertiary/aromatic N) is 3. The van der Waals surface area contributed by atoms with Crippen molar-refractivity contribution in [3.63, 3.8) is 0 Å². The first-order valence-electron chi connectivity index (χ1n) is 9.06. The molecule has 5 rings (SSSR count). The van der Waals surface area contributed by atoms with Crippen molar-refractivity contribution in [2.45, 2.75) is 0 Å². The molecule has 2 N–H and O–H groups in total. The minimum Gasteiger partial charge on any atom is -0.343 e. The molecule has 0 radical (unpaired) electrons. The molecule has 0 aliphatic rings. The van der Waals surface area contributed by atoms with Gasteiger partial charge in [0, 0.05) is 23.5 Å². The van der Waals surface area contributed by atoms with Gasteiger partial charge >= 0.3 is 0 Å². The van der Waals surface area contributed by atoms with Gasteiger partial charge in [0.05, 0.1) is 11.4 Å².